The molecule has 0 unspecified atom stereocenters. The van der Waals surface area contributed by atoms with Gasteiger partial charge >= 0.3 is 6.03 Å². The van der Waals surface area contributed by atoms with Crippen LogP contribution in [0.5, 0.6) is 0 Å². The molecule has 0 saturated carbocycles. The van der Waals surface area contributed by atoms with E-state index in [0.717, 1.165) is 21.2 Å². The van der Waals surface area contributed by atoms with Gasteiger partial charge in [0.2, 0.25) is 0 Å². The number of hydrogen-bond acceptors (Lipinski definition) is 6. The van der Waals surface area contributed by atoms with Crippen molar-refractivity contribution in [3.63, 3.8) is 0 Å². The molecule has 0 aliphatic heterocycles. The minimum absolute atomic E-state index is 0.00244. The number of amides is 3. The molecular formula is C18H17N3O5S2. The summed E-state index contributed by atoms with van der Waals surface area (Å²) in [7, 11) is -3.95. The molecule has 3 rings (SSSR count). The number of sulfonamides is 1. The maximum Gasteiger partial charge on any atom is 0.328 e. The van der Waals surface area contributed by atoms with E-state index in [-0.39, 0.29) is 11.4 Å². The van der Waals surface area contributed by atoms with E-state index in [4.69, 9.17) is 5.21 Å². The number of nitrogens with one attached hydrogen (secondary N) is 3. The summed E-state index contributed by atoms with van der Waals surface area (Å²) < 4.78 is 27.2. The fourth-order valence-corrected chi connectivity index (χ4v) is 4.35. The Hall–Kier alpha value is -2.95. The fourth-order valence-electron chi connectivity index (χ4n) is 2.49. The van der Waals surface area contributed by atoms with E-state index in [1.807, 2.05) is 11.6 Å². The average molecular weight is 419 g/mol. The number of benzene rings is 2. The number of carbonyl (C=O) groups excluding carboxylic acids is 2. The van der Waals surface area contributed by atoms with Crippen LogP contribution in [0.2, 0.25) is 0 Å². The first kappa shape index (κ1) is 19.8. The standard InChI is InChI=1S/C18H17N3O5S2/c1-11-2-5-14(6-3-11)28(25,26)21-18(23)19-10-12-4-7-15-13(8-12)9-16(27-15)17(22)20-24/h2-9,24H,10H2,1H3,(H,20,22)(H2,19,21,23). The van der Waals surface area contributed by atoms with Crippen molar-refractivity contribution < 1.29 is 23.2 Å². The molecule has 0 radical (unpaired) electrons. The summed E-state index contributed by atoms with van der Waals surface area (Å²) in [5.74, 6) is -0.596. The highest BCUT2D eigenvalue weighted by atomic mass is 32.2. The summed E-state index contributed by atoms with van der Waals surface area (Å²) in [6.45, 7) is 1.93. The maximum absolute atomic E-state index is 12.2. The molecule has 1 aromatic heterocycles. The van der Waals surface area contributed by atoms with Gasteiger partial charge in [0.25, 0.3) is 15.9 Å². The zero-order valence-electron chi connectivity index (χ0n) is 14.7. The van der Waals surface area contributed by atoms with Gasteiger partial charge in [0.1, 0.15) is 0 Å². The third-order valence-corrected chi connectivity index (χ3v) is 6.38. The number of thiophene rings is 1. The van der Waals surface area contributed by atoms with E-state index in [2.05, 4.69) is 5.32 Å². The molecule has 3 amide bonds. The van der Waals surface area contributed by atoms with E-state index >= 15 is 0 Å². The van der Waals surface area contributed by atoms with Crippen molar-refractivity contribution in [2.45, 2.75) is 18.4 Å². The van der Waals surface area contributed by atoms with Gasteiger partial charge in [0.15, 0.2) is 0 Å². The number of fused-ring (bicyclic) bond motifs is 1. The number of carbonyl (C=O) groups is 2. The lowest BCUT2D eigenvalue weighted by Gasteiger charge is -2.09. The van der Waals surface area contributed by atoms with E-state index in [1.165, 1.54) is 23.5 Å². The van der Waals surface area contributed by atoms with Gasteiger partial charge in [-0.3, -0.25) is 10.0 Å². The second kappa shape index (κ2) is 7.97. The van der Waals surface area contributed by atoms with Crippen LogP contribution >= 0.6 is 11.3 Å². The third kappa shape index (κ3) is 4.47. The van der Waals surface area contributed by atoms with Gasteiger partial charge in [-0.1, -0.05) is 23.8 Å². The van der Waals surface area contributed by atoms with Crippen LogP contribution < -0.4 is 15.5 Å². The molecule has 1 heterocycles. The number of urea groups is 1. The Balaban J connectivity index is 1.65. The topological polar surface area (TPSA) is 125 Å². The van der Waals surface area contributed by atoms with E-state index in [0.29, 0.717) is 4.88 Å². The van der Waals surface area contributed by atoms with Crippen LogP contribution in [-0.2, 0) is 16.6 Å². The van der Waals surface area contributed by atoms with E-state index in [1.54, 1.807) is 41.9 Å². The second-order valence-corrected chi connectivity index (χ2v) is 8.79. The van der Waals surface area contributed by atoms with Crippen LogP contribution in [0.1, 0.15) is 20.8 Å². The highest BCUT2D eigenvalue weighted by Gasteiger charge is 2.17. The molecule has 146 valence electrons. The Kier molecular flexibility index (Phi) is 5.63. The summed E-state index contributed by atoms with van der Waals surface area (Å²) in [5, 5.41) is 12.0. The van der Waals surface area contributed by atoms with Crippen molar-refractivity contribution in [1.82, 2.24) is 15.5 Å². The number of rotatable bonds is 5. The van der Waals surface area contributed by atoms with Crippen molar-refractivity contribution >= 4 is 43.4 Å². The minimum atomic E-state index is -3.95. The van der Waals surface area contributed by atoms with Crippen LogP contribution in [0.15, 0.2) is 53.4 Å². The molecule has 2 aromatic carbocycles. The molecule has 3 aromatic rings. The third-order valence-electron chi connectivity index (χ3n) is 3.92. The Morgan fingerprint density at radius 1 is 1.07 bits per heavy atom. The van der Waals surface area contributed by atoms with Crippen LogP contribution in [0, 0.1) is 6.92 Å². The first-order chi connectivity index (χ1) is 13.3. The molecule has 4 N–H and O–H groups in total. The number of aryl methyl sites for hydroxylation is 1. The molecule has 0 atom stereocenters. The first-order valence-electron chi connectivity index (χ1n) is 8.13. The zero-order valence-corrected chi connectivity index (χ0v) is 16.4. The zero-order chi connectivity index (χ0) is 20.3. The Labute approximate surface area is 165 Å². The van der Waals surface area contributed by atoms with Gasteiger partial charge in [0, 0.05) is 11.2 Å². The fraction of sp³-hybridized carbons (Fsp3) is 0.111. The van der Waals surface area contributed by atoms with Crippen LogP contribution in [0.25, 0.3) is 10.1 Å². The Bertz CT molecular complexity index is 1140. The van der Waals surface area contributed by atoms with Crippen molar-refractivity contribution in [3.05, 3.63) is 64.5 Å². The Morgan fingerprint density at radius 3 is 2.46 bits per heavy atom. The lowest BCUT2D eigenvalue weighted by atomic mass is 10.1. The minimum Gasteiger partial charge on any atom is -0.333 e. The number of hydroxylamine groups is 1. The van der Waals surface area contributed by atoms with Gasteiger partial charge < -0.3 is 5.32 Å². The molecule has 0 aliphatic rings. The van der Waals surface area contributed by atoms with Crippen LogP contribution in [0.4, 0.5) is 4.79 Å². The summed E-state index contributed by atoms with van der Waals surface area (Å²) in [6, 6.07) is 12.2. The second-order valence-electron chi connectivity index (χ2n) is 6.02. The lowest BCUT2D eigenvalue weighted by molar-refractivity contribution is 0.0711. The summed E-state index contributed by atoms with van der Waals surface area (Å²) in [4.78, 5) is 23.8. The molecule has 0 fully saturated rings. The van der Waals surface area contributed by atoms with Crippen molar-refractivity contribution in [2.24, 2.45) is 0 Å². The molecule has 8 nitrogen and oxygen atoms in total. The molecule has 0 spiro atoms. The van der Waals surface area contributed by atoms with Gasteiger partial charge in [-0.05, 0) is 48.2 Å². The molecule has 0 aliphatic carbocycles. The summed E-state index contributed by atoms with van der Waals surface area (Å²) in [5.41, 5.74) is 3.22. The summed E-state index contributed by atoms with van der Waals surface area (Å²) in [6.07, 6.45) is 0. The van der Waals surface area contributed by atoms with Gasteiger partial charge in [-0.15, -0.1) is 11.3 Å². The van der Waals surface area contributed by atoms with E-state index in [9.17, 15) is 18.0 Å². The van der Waals surface area contributed by atoms with Gasteiger partial charge in [-0.2, -0.15) is 0 Å². The van der Waals surface area contributed by atoms with Crippen LogP contribution in [-0.4, -0.2) is 25.6 Å². The molecule has 10 heteroatoms. The SMILES string of the molecule is Cc1ccc(S(=O)(=O)NC(=O)NCc2ccc3sc(C(=O)NO)cc3c2)cc1. The van der Waals surface area contributed by atoms with Gasteiger partial charge in [0.05, 0.1) is 9.77 Å². The van der Waals surface area contributed by atoms with Crippen molar-refractivity contribution in [1.29, 1.82) is 0 Å². The summed E-state index contributed by atoms with van der Waals surface area (Å²) >= 11 is 1.22. The Morgan fingerprint density at radius 2 is 1.79 bits per heavy atom. The van der Waals surface area contributed by atoms with Crippen molar-refractivity contribution in [3.8, 4) is 0 Å². The molecule has 28 heavy (non-hydrogen) atoms. The lowest BCUT2D eigenvalue weighted by Crippen LogP contribution is -2.39. The largest absolute Gasteiger partial charge is 0.333 e. The predicted molar refractivity (Wildman–Crippen MR) is 105 cm³/mol. The highest BCUT2D eigenvalue weighted by molar-refractivity contribution is 7.90. The van der Waals surface area contributed by atoms with E-state index < -0.39 is 22.0 Å². The number of hydrogen-bond donors (Lipinski definition) is 4. The highest BCUT2D eigenvalue weighted by Crippen LogP contribution is 2.26. The van der Waals surface area contributed by atoms with Crippen LogP contribution in [0.3, 0.4) is 0 Å². The average Bonchev–Trinajstić information content (AvgIpc) is 3.09. The smallest absolute Gasteiger partial charge is 0.328 e. The molecule has 0 saturated heterocycles. The molecule has 0 bridgehead atoms. The predicted octanol–water partition coefficient (Wildman–Crippen LogP) is 2.52. The van der Waals surface area contributed by atoms with Gasteiger partial charge in [-0.25, -0.2) is 23.4 Å². The normalized spacial score (nSPS) is 11.2. The monoisotopic (exact) mass is 419 g/mol. The first-order valence-corrected chi connectivity index (χ1v) is 10.4. The van der Waals surface area contributed by atoms with Crippen molar-refractivity contribution in [2.75, 3.05) is 0 Å². The molecular weight excluding hydrogens is 402 g/mol. The quantitative estimate of drug-likeness (QED) is 0.374. The maximum atomic E-state index is 12.2.